The van der Waals surface area contributed by atoms with Crippen molar-refractivity contribution in [3.05, 3.63) is 89.8 Å². The molecule has 0 atom stereocenters. The zero-order valence-electron chi connectivity index (χ0n) is 18.0. The maximum absolute atomic E-state index is 12.9. The van der Waals surface area contributed by atoms with Crippen LogP contribution in [0.3, 0.4) is 0 Å². The lowest BCUT2D eigenvalue weighted by atomic mass is 9.86. The molecule has 5 nitrogen and oxygen atoms in total. The van der Waals surface area contributed by atoms with Crippen molar-refractivity contribution in [3.8, 4) is 11.5 Å². The number of benzene rings is 2. The van der Waals surface area contributed by atoms with Crippen LogP contribution in [0, 0.1) is 0 Å². The van der Waals surface area contributed by atoms with Crippen molar-refractivity contribution < 1.29 is 14.3 Å². The van der Waals surface area contributed by atoms with Crippen LogP contribution >= 0.6 is 0 Å². The summed E-state index contributed by atoms with van der Waals surface area (Å²) in [4.78, 5) is 17.3. The summed E-state index contributed by atoms with van der Waals surface area (Å²) in [6, 6.07) is 19.3. The Morgan fingerprint density at radius 2 is 1.71 bits per heavy atom. The van der Waals surface area contributed by atoms with Gasteiger partial charge in [-0.05, 0) is 40.8 Å². The van der Waals surface area contributed by atoms with E-state index in [1.165, 1.54) is 5.56 Å². The number of rotatable bonds is 4. The number of nitrogens with zero attached hydrogens (tertiary/aromatic N) is 1. The van der Waals surface area contributed by atoms with Crippen LogP contribution < -0.4 is 14.8 Å². The second kappa shape index (κ2) is 8.64. The van der Waals surface area contributed by atoms with Gasteiger partial charge in [0.1, 0.15) is 13.2 Å². The van der Waals surface area contributed by atoms with Crippen molar-refractivity contribution in [2.45, 2.75) is 26.2 Å². The summed E-state index contributed by atoms with van der Waals surface area (Å²) in [5, 5.41) is 2.92. The van der Waals surface area contributed by atoms with Crippen LogP contribution in [0.1, 0.15) is 37.6 Å². The second-order valence-corrected chi connectivity index (χ2v) is 8.45. The Morgan fingerprint density at radius 3 is 2.39 bits per heavy atom. The van der Waals surface area contributed by atoms with E-state index in [4.69, 9.17) is 9.47 Å². The Balaban J connectivity index is 1.63. The predicted molar refractivity (Wildman–Crippen MR) is 123 cm³/mol. The van der Waals surface area contributed by atoms with Crippen LogP contribution in [-0.4, -0.2) is 24.1 Å². The fourth-order valence-electron chi connectivity index (χ4n) is 3.41. The van der Waals surface area contributed by atoms with E-state index in [1.807, 2.05) is 30.3 Å². The molecule has 2 heterocycles. The average molecular weight is 415 g/mol. The smallest absolute Gasteiger partial charge is 0.249 e. The third-order valence-electron chi connectivity index (χ3n) is 5.09. The molecule has 0 radical (unpaired) electrons. The van der Waals surface area contributed by atoms with Crippen molar-refractivity contribution in [2.75, 3.05) is 18.5 Å². The number of aromatic nitrogens is 1. The van der Waals surface area contributed by atoms with E-state index in [2.05, 4.69) is 43.2 Å². The van der Waals surface area contributed by atoms with E-state index in [1.54, 1.807) is 30.5 Å². The van der Waals surface area contributed by atoms with Gasteiger partial charge in [-0.3, -0.25) is 9.78 Å². The first-order chi connectivity index (χ1) is 14.9. The van der Waals surface area contributed by atoms with Gasteiger partial charge in [-0.1, -0.05) is 51.1 Å². The first-order valence-corrected chi connectivity index (χ1v) is 10.3. The highest BCUT2D eigenvalue weighted by Gasteiger charge is 2.16. The van der Waals surface area contributed by atoms with E-state index in [0.717, 1.165) is 16.8 Å². The molecular weight excluding hydrogens is 388 g/mol. The molecule has 1 aromatic heterocycles. The highest BCUT2D eigenvalue weighted by molar-refractivity contribution is 6.06. The van der Waals surface area contributed by atoms with Crippen molar-refractivity contribution >= 4 is 17.2 Å². The Morgan fingerprint density at radius 1 is 0.968 bits per heavy atom. The minimum Gasteiger partial charge on any atom is -0.486 e. The van der Waals surface area contributed by atoms with Crippen molar-refractivity contribution in [1.29, 1.82) is 0 Å². The molecule has 4 rings (SSSR count). The number of carbonyl (C=O) groups is 1. The molecule has 0 aliphatic carbocycles. The zero-order valence-corrected chi connectivity index (χ0v) is 18.0. The molecule has 0 saturated heterocycles. The second-order valence-electron chi connectivity index (χ2n) is 8.45. The standard InChI is InChI=1S/C26H26N2O3/c1-26(2,3)19-9-7-18(8-10-19)21(22-6-4-5-13-27-22)17-25(29)28-20-11-12-23-24(16-20)31-15-14-30-23/h4-13,16-17H,14-15H2,1-3H3,(H,28,29)/b21-17-. The lowest BCUT2D eigenvalue weighted by molar-refractivity contribution is -0.111. The zero-order chi connectivity index (χ0) is 21.8. The molecule has 1 amide bonds. The summed E-state index contributed by atoms with van der Waals surface area (Å²) >= 11 is 0. The molecule has 3 aromatic rings. The molecule has 0 saturated carbocycles. The van der Waals surface area contributed by atoms with E-state index < -0.39 is 0 Å². The Kier molecular flexibility index (Phi) is 5.76. The Hall–Kier alpha value is -3.60. The molecule has 1 aliphatic rings. The van der Waals surface area contributed by atoms with Gasteiger partial charge < -0.3 is 14.8 Å². The number of amides is 1. The number of nitrogens with one attached hydrogen (secondary N) is 1. The maximum Gasteiger partial charge on any atom is 0.249 e. The molecule has 1 aliphatic heterocycles. The lowest BCUT2D eigenvalue weighted by Crippen LogP contribution is -2.16. The number of hydrogen-bond donors (Lipinski definition) is 1. The van der Waals surface area contributed by atoms with E-state index in [-0.39, 0.29) is 11.3 Å². The Labute approximate surface area is 182 Å². The first kappa shape index (κ1) is 20.7. The first-order valence-electron chi connectivity index (χ1n) is 10.3. The van der Waals surface area contributed by atoms with Gasteiger partial charge in [0.2, 0.25) is 5.91 Å². The number of pyridine rings is 1. The van der Waals surface area contributed by atoms with Crippen molar-refractivity contribution in [2.24, 2.45) is 0 Å². The summed E-state index contributed by atoms with van der Waals surface area (Å²) < 4.78 is 11.1. The normalized spacial score (nSPS) is 13.6. The Bertz CT molecular complexity index is 1100. The largest absolute Gasteiger partial charge is 0.486 e. The summed E-state index contributed by atoms with van der Waals surface area (Å²) in [7, 11) is 0. The number of ether oxygens (including phenoxy) is 2. The molecule has 1 N–H and O–H groups in total. The minimum atomic E-state index is -0.239. The van der Waals surface area contributed by atoms with Gasteiger partial charge >= 0.3 is 0 Å². The van der Waals surface area contributed by atoms with Crippen molar-refractivity contribution in [1.82, 2.24) is 4.98 Å². The highest BCUT2D eigenvalue weighted by atomic mass is 16.6. The van der Waals surface area contributed by atoms with Gasteiger partial charge in [0.25, 0.3) is 0 Å². The predicted octanol–water partition coefficient (Wildman–Crippen LogP) is 5.22. The molecule has 0 fully saturated rings. The lowest BCUT2D eigenvalue weighted by Gasteiger charge is -2.19. The molecule has 2 aromatic carbocycles. The summed E-state index contributed by atoms with van der Waals surface area (Å²) in [5.41, 5.74) is 4.37. The number of fused-ring (bicyclic) bond motifs is 1. The van der Waals surface area contributed by atoms with Gasteiger partial charge in [0.15, 0.2) is 11.5 Å². The molecule has 0 bridgehead atoms. The van der Waals surface area contributed by atoms with Gasteiger partial charge in [0, 0.05) is 29.6 Å². The molecule has 158 valence electrons. The molecular formula is C26H26N2O3. The van der Waals surface area contributed by atoms with Crippen LogP contribution in [0.5, 0.6) is 11.5 Å². The van der Waals surface area contributed by atoms with Gasteiger partial charge in [0.05, 0.1) is 5.69 Å². The number of carbonyl (C=O) groups excluding carboxylic acids is 1. The fourth-order valence-corrected chi connectivity index (χ4v) is 3.41. The van der Waals surface area contributed by atoms with E-state index in [0.29, 0.717) is 30.4 Å². The summed E-state index contributed by atoms with van der Waals surface area (Å²) in [6.45, 7) is 7.57. The molecule has 31 heavy (non-hydrogen) atoms. The molecule has 5 heteroatoms. The minimum absolute atomic E-state index is 0.0585. The summed E-state index contributed by atoms with van der Waals surface area (Å²) in [5.74, 6) is 1.08. The van der Waals surface area contributed by atoms with Gasteiger partial charge in [-0.2, -0.15) is 0 Å². The third-order valence-corrected chi connectivity index (χ3v) is 5.09. The molecule has 0 spiro atoms. The summed E-state index contributed by atoms with van der Waals surface area (Å²) in [6.07, 6.45) is 3.32. The average Bonchev–Trinajstić information content (AvgIpc) is 2.77. The monoisotopic (exact) mass is 414 g/mol. The fraction of sp³-hybridized carbons (Fsp3) is 0.231. The number of hydrogen-bond acceptors (Lipinski definition) is 4. The van der Waals surface area contributed by atoms with Crippen LogP contribution in [0.2, 0.25) is 0 Å². The van der Waals surface area contributed by atoms with Gasteiger partial charge in [-0.15, -0.1) is 0 Å². The van der Waals surface area contributed by atoms with E-state index >= 15 is 0 Å². The maximum atomic E-state index is 12.9. The van der Waals surface area contributed by atoms with Crippen LogP contribution in [0.4, 0.5) is 5.69 Å². The SMILES string of the molecule is CC(C)(C)c1ccc(/C(=C/C(=O)Nc2ccc3c(c2)OCCO3)c2ccccn2)cc1. The molecule has 0 unspecified atom stereocenters. The van der Waals surface area contributed by atoms with Crippen LogP contribution in [-0.2, 0) is 10.2 Å². The van der Waals surface area contributed by atoms with E-state index in [9.17, 15) is 4.79 Å². The van der Waals surface area contributed by atoms with Crippen molar-refractivity contribution in [3.63, 3.8) is 0 Å². The highest BCUT2D eigenvalue weighted by Crippen LogP contribution is 2.33. The van der Waals surface area contributed by atoms with Crippen LogP contribution in [0.25, 0.3) is 5.57 Å². The quantitative estimate of drug-likeness (QED) is 0.595. The van der Waals surface area contributed by atoms with Crippen LogP contribution in [0.15, 0.2) is 72.9 Å². The topological polar surface area (TPSA) is 60.5 Å². The third kappa shape index (κ3) is 4.94. The van der Waals surface area contributed by atoms with Gasteiger partial charge in [-0.25, -0.2) is 0 Å². The number of anilines is 1.